The highest BCUT2D eigenvalue weighted by atomic mass is 16.6. The lowest BCUT2D eigenvalue weighted by atomic mass is 10.1. The Labute approximate surface area is 111 Å². The molecule has 0 aliphatic heterocycles. The summed E-state index contributed by atoms with van der Waals surface area (Å²) in [6, 6.07) is 2.65. The number of nitrogen functional groups attached to an aromatic ring is 1. The zero-order chi connectivity index (χ0) is 14.4. The summed E-state index contributed by atoms with van der Waals surface area (Å²) < 4.78 is 5.41. The Kier molecular flexibility index (Phi) is 5.25. The molecular weight excluding hydrogens is 248 g/mol. The standard InChI is InChI=1S/C12H18N4O3/c1-15(2)4-3-5-19-12-7-10(14)9(8-13)6-11(12)16(17)18/h6-8,13H,3-5,14H2,1-2H3. The minimum atomic E-state index is -0.534. The molecule has 1 rings (SSSR count). The Morgan fingerprint density at radius 3 is 2.74 bits per heavy atom. The van der Waals surface area contributed by atoms with Crippen LogP contribution < -0.4 is 10.5 Å². The topological polar surface area (TPSA) is 105 Å². The molecule has 0 aliphatic carbocycles. The predicted molar refractivity (Wildman–Crippen MR) is 74.1 cm³/mol. The molecule has 0 saturated carbocycles. The fourth-order valence-corrected chi connectivity index (χ4v) is 1.55. The first kappa shape index (κ1) is 14.9. The lowest BCUT2D eigenvalue weighted by Gasteiger charge is -2.11. The monoisotopic (exact) mass is 266 g/mol. The van der Waals surface area contributed by atoms with Crippen molar-refractivity contribution in [3.63, 3.8) is 0 Å². The SMILES string of the molecule is CN(C)CCCOc1cc(N)c(C=N)cc1[N+](=O)[O-]. The van der Waals surface area contributed by atoms with E-state index in [1.54, 1.807) is 0 Å². The predicted octanol–water partition coefficient (Wildman–Crippen LogP) is 1.51. The maximum absolute atomic E-state index is 10.9. The van der Waals surface area contributed by atoms with Crippen LogP contribution in [0.15, 0.2) is 12.1 Å². The Morgan fingerprint density at radius 1 is 1.53 bits per heavy atom. The van der Waals surface area contributed by atoms with Crippen LogP contribution in [0.25, 0.3) is 0 Å². The smallest absolute Gasteiger partial charge is 0.311 e. The minimum absolute atomic E-state index is 0.145. The van der Waals surface area contributed by atoms with Gasteiger partial charge in [-0.15, -0.1) is 0 Å². The summed E-state index contributed by atoms with van der Waals surface area (Å²) in [5.74, 6) is 0.145. The number of anilines is 1. The first-order chi connectivity index (χ1) is 8.95. The van der Waals surface area contributed by atoms with Crippen LogP contribution in [0.4, 0.5) is 11.4 Å². The van der Waals surface area contributed by atoms with Crippen molar-refractivity contribution in [1.29, 1.82) is 5.41 Å². The van der Waals surface area contributed by atoms with Gasteiger partial charge in [0.05, 0.1) is 11.5 Å². The van der Waals surface area contributed by atoms with Crippen molar-refractivity contribution in [1.82, 2.24) is 4.90 Å². The average molecular weight is 266 g/mol. The number of rotatable bonds is 7. The first-order valence-corrected chi connectivity index (χ1v) is 5.81. The van der Waals surface area contributed by atoms with Crippen molar-refractivity contribution < 1.29 is 9.66 Å². The van der Waals surface area contributed by atoms with E-state index >= 15 is 0 Å². The van der Waals surface area contributed by atoms with Crippen molar-refractivity contribution in [2.75, 3.05) is 33.0 Å². The number of hydrogen-bond acceptors (Lipinski definition) is 6. The molecule has 0 saturated heterocycles. The van der Waals surface area contributed by atoms with Crippen LogP contribution in [-0.2, 0) is 0 Å². The Morgan fingerprint density at radius 2 is 2.21 bits per heavy atom. The third-order valence-electron chi connectivity index (χ3n) is 2.52. The van der Waals surface area contributed by atoms with Crippen LogP contribution in [0.3, 0.4) is 0 Å². The fourth-order valence-electron chi connectivity index (χ4n) is 1.55. The number of benzene rings is 1. The number of nitrogens with one attached hydrogen (secondary N) is 1. The molecule has 0 unspecified atom stereocenters. The number of nitro benzene ring substituents is 1. The second-order valence-corrected chi connectivity index (χ2v) is 4.36. The normalized spacial score (nSPS) is 10.5. The highest BCUT2D eigenvalue weighted by molar-refractivity contribution is 5.87. The van der Waals surface area contributed by atoms with E-state index in [1.165, 1.54) is 12.1 Å². The Bertz CT molecular complexity index is 474. The molecule has 0 amide bonds. The summed E-state index contributed by atoms with van der Waals surface area (Å²) in [6.45, 7) is 1.21. The van der Waals surface area contributed by atoms with E-state index in [4.69, 9.17) is 15.9 Å². The molecule has 0 fully saturated rings. The van der Waals surface area contributed by atoms with Crippen LogP contribution in [0.5, 0.6) is 5.75 Å². The number of nitro groups is 1. The molecular formula is C12H18N4O3. The van der Waals surface area contributed by atoms with E-state index in [-0.39, 0.29) is 11.4 Å². The third kappa shape index (κ3) is 4.22. The molecule has 0 aliphatic rings. The highest BCUT2D eigenvalue weighted by Gasteiger charge is 2.17. The summed E-state index contributed by atoms with van der Waals surface area (Å²) >= 11 is 0. The molecule has 1 aromatic rings. The van der Waals surface area contributed by atoms with Gasteiger partial charge in [0.1, 0.15) is 0 Å². The van der Waals surface area contributed by atoms with E-state index in [0.717, 1.165) is 19.2 Å². The molecule has 0 spiro atoms. The van der Waals surface area contributed by atoms with Gasteiger partial charge in [0.2, 0.25) is 0 Å². The summed E-state index contributed by atoms with van der Waals surface area (Å²) in [6.07, 6.45) is 1.74. The molecule has 0 radical (unpaired) electrons. The molecule has 7 nitrogen and oxygen atoms in total. The van der Waals surface area contributed by atoms with Crippen LogP contribution in [0.2, 0.25) is 0 Å². The Hall–Kier alpha value is -2.15. The van der Waals surface area contributed by atoms with Gasteiger partial charge in [0.25, 0.3) is 0 Å². The van der Waals surface area contributed by atoms with E-state index in [1.807, 2.05) is 19.0 Å². The second kappa shape index (κ2) is 6.69. The lowest BCUT2D eigenvalue weighted by molar-refractivity contribution is -0.385. The van der Waals surface area contributed by atoms with E-state index < -0.39 is 4.92 Å². The second-order valence-electron chi connectivity index (χ2n) is 4.36. The number of nitrogens with zero attached hydrogens (tertiary/aromatic N) is 2. The van der Waals surface area contributed by atoms with E-state index in [9.17, 15) is 10.1 Å². The van der Waals surface area contributed by atoms with Crippen LogP contribution >= 0.6 is 0 Å². The average Bonchev–Trinajstić information content (AvgIpc) is 2.34. The van der Waals surface area contributed by atoms with Crippen molar-refractivity contribution in [2.24, 2.45) is 0 Å². The van der Waals surface area contributed by atoms with Gasteiger partial charge in [-0.3, -0.25) is 10.1 Å². The molecule has 19 heavy (non-hydrogen) atoms. The van der Waals surface area contributed by atoms with E-state index in [0.29, 0.717) is 17.9 Å². The molecule has 0 aromatic heterocycles. The molecule has 104 valence electrons. The van der Waals surface area contributed by atoms with Gasteiger partial charge in [0, 0.05) is 36.1 Å². The van der Waals surface area contributed by atoms with Gasteiger partial charge in [-0.25, -0.2) is 0 Å². The molecule has 0 heterocycles. The van der Waals surface area contributed by atoms with E-state index in [2.05, 4.69) is 0 Å². The summed E-state index contributed by atoms with van der Waals surface area (Å²) in [7, 11) is 3.89. The molecule has 7 heteroatoms. The van der Waals surface area contributed by atoms with Crippen molar-refractivity contribution in [3.8, 4) is 5.75 Å². The molecule has 1 aromatic carbocycles. The largest absolute Gasteiger partial charge is 0.487 e. The summed E-state index contributed by atoms with van der Waals surface area (Å²) in [5, 5.41) is 18.1. The van der Waals surface area contributed by atoms with Crippen molar-refractivity contribution in [3.05, 3.63) is 27.8 Å². The zero-order valence-electron chi connectivity index (χ0n) is 11.0. The van der Waals surface area contributed by atoms with Gasteiger partial charge >= 0.3 is 5.69 Å². The molecule has 0 atom stereocenters. The van der Waals surface area contributed by atoms with Gasteiger partial charge in [-0.05, 0) is 20.5 Å². The number of ether oxygens (including phenoxy) is 1. The molecule has 0 bridgehead atoms. The van der Waals surface area contributed by atoms with Crippen LogP contribution in [-0.4, -0.2) is 43.3 Å². The number of nitrogens with two attached hydrogens (primary N) is 1. The zero-order valence-corrected chi connectivity index (χ0v) is 11.0. The van der Waals surface area contributed by atoms with Gasteiger partial charge in [0.15, 0.2) is 5.75 Å². The quantitative estimate of drug-likeness (QED) is 0.256. The maximum atomic E-state index is 10.9. The van der Waals surface area contributed by atoms with Crippen molar-refractivity contribution >= 4 is 17.6 Å². The third-order valence-corrected chi connectivity index (χ3v) is 2.52. The van der Waals surface area contributed by atoms with Gasteiger partial charge in [-0.2, -0.15) is 0 Å². The van der Waals surface area contributed by atoms with Crippen LogP contribution in [0.1, 0.15) is 12.0 Å². The molecule has 3 N–H and O–H groups in total. The van der Waals surface area contributed by atoms with Crippen molar-refractivity contribution in [2.45, 2.75) is 6.42 Å². The van der Waals surface area contributed by atoms with Gasteiger partial charge < -0.3 is 20.8 Å². The summed E-state index contributed by atoms with van der Waals surface area (Å²) in [4.78, 5) is 12.4. The Balaban J connectivity index is 2.84. The fraction of sp³-hybridized carbons (Fsp3) is 0.417. The minimum Gasteiger partial charge on any atom is -0.487 e. The lowest BCUT2D eigenvalue weighted by Crippen LogP contribution is -2.15. The van der Waals surface area contributed by atoms with Gasteiger partial charge in [-0.1, -0.05) is 0 Å². The summed E-state index contributed by atoms with van der Waals surface area (Å²) in [5.41, 5.74) is 6.13. The first-order valence-electron chi connectivity index (χ1n) is 5.81. The highest BCUT2D eigenvalue weighted by Crippen LogP contribution is 2.31. The maximum Gasteiger partial charge on any atom is 0.311 e. The van der Waals surface area contributed by atoms with Crippen LogP contribution in [0, 0.1) is 15.5 Å². The number of hydrogen-bond donors (Lipinski definition) is 2.